The van der Waals surface area contributed by atoms with Gasteiger partial charge in [0.1, 0.15) is 23.5 Å². The summed E-state index contributed by atoms with van der Waals surface area (Å²) in [5, 5.41) is 7.80. The molecule has 1 heterocycles. The average molecular weight is 498 g/mol. The molecule has 4 rings (SSSR count). The first-order chi connectivity index (χ1) is 16.5. The predicted molar refractivity (Wildman–Crippen MR) is 135 cm³/mol. The van der Waals surface area contributed by atoms with Crippen LogP contribution in [-0.2, 0) is 4.79 Å². The van der Waals surface area contributed by atoms with Gasteiger partial charge in [-0.2, -0.15) is 5.10 Å². The predicted octanol–water partition coefficient (Wildman–Crippen LogP) is 6.62. The molecule has 0 saturated carbocycles. The fourth-order valence-electron chi connectivity index (χ4n) is 3.83. The molecule has 4 aromatic rings. The first-order valence-corrected chi connectivity index (χ1v) is 11.2. The molecule has 3 aromatic carbocycles. The number of nitrogens with one attached hydrogen (secondary N) is 1. The maximum Gasteiger partial charge on any atom is 0.257 e. The topological polar surface area (TPSA) is 56.1 Å². The third-order valence-corrected chi connectivity index (χ3v) is 5.77. The van der Waals surface area contributed by atoms with Crippen LogP contribution < -0.4 is 10.1 Å². The van der Waals surface area contributed by atoms with E-state index < -0.39 is 29.5 Å². The van der Waals surface area contributed by atoms with Gasteiger partial charge in [0, 0.05) is 10.9 Å². The van der Waals surface area contributed by atoms with Crippen LogP contribution in [0.4, 0.5) is 13.2 Å². The lowest BCUT2D eigenvalue weighted by Crippen LogP contribution is -2.46. The summed E-state index contributed by atoms with van der Waals surface area (Å²) in [6.45, 7) is 5.84. The van der Waals surface area contributed by atoms with E-state index >= 15 is 0 Å². The highest BCUT2D eigenvalue weighted by atomic mass is 19.1. The molecule has 0 aliphatic heterocycles. The van der Waals surface area contributed by atoms with Gasteiger partial charge in [0.05, 0.1) is 23.4 Å². The van der Waals surface area contributed by atoms with Crippen LogP contribution in [0.5, 0.6) is 5.75 Å². The summed E-state index contributed by atoms with van der Waals surface area (Å²) in [6, 6.07) is 15.0. The number of amides is 1. The lowest BCUT2D eigenvalue weighted by molar-refractivity contribution is -0.132. The fourth-order valence-corrected chi connectivity index (χ4v) is 3.83. The number of halogens is 3. The van der Waals surface area contributed by atoms with E-state index in [-0.39, 0.29) is 13.2 Å². The van der Waals surface area contributed by atoms with E-state index in [2.05, 4.69) is 10.4 Å². The van der Waals surface area contributed by atoms with Crippen molar-refractivity contribution in [3.8, 4) is 11.4 Å². The first-order valence-electron chi connectivity index (χ1n) is 11.2. The molecule has 0 aliphatic carbocycles. The molecular formula is C28H30F3N3O2. The van der Waals surface area contributed by atoms with Crippen LogP contribution in [0.15, 0.2) is 66.9 Å². The van der Waals surface area contributed by atoms with Crippen molar-refractivity contribution < 1.29 is 22.7 Å². The van der Waals surface area contributed by atoms with E-state index in [1.54, 1.807) is 48.1 Å². The summed E-state index contributed by atoms with van der Waals surface area (Å²) in [5.74, 6) is -1.11. The van der Waals surface area contributed by atoms with Crippen molar-refractivity contribution in [2.24, 2.45) is 0 Å². The SMILES string of the molecule is C.Cc1ccc(F)cc1[C@@H](Oc1ccc2c(cnn2-c2ccc(F)cc2)c1)[C@H](C)NC(=O)C(C)(C)F. The minimum atomic E-state index is -2.08. The molecule has 1 N–H and O–H groups in total. The molecule has 1 amide bonds. The largest absolute Gasteiger partial charge is 0.484 e. The normalized spacial score (nSPS) is 13.1. The second kappa shape index (κ2) is 10.4. The lowest BCUT2D eigenvalue weighted by atomic mass is 9.97. The zero-order valence-corrected chi connectivity index (χ0v) is 19.9. The highest BCUT2D eigenvalue weighted by Crippen LogP contribution is 2.31. The Labute approximate surface area is 208 Å². The highest BCUT2D eigenvalue weighted by Gasteiger charge is 2.32. The highest BCUT2D eigenvalue weighted by molar-refractivity contribution is 5.84. The lowest BCUT2D eigenvalue weighted by Gasteiger charge is -2.29. The van der Waals surface area contributed by atoms with Gasteiger partial charge in [-0.05, 0) is 87.9 Å². The molecule has 8 heteroatoms. The van der Waals surface area contributed by atoms with Crippen LogP contribution in [-0.4, -0.2) is 27.4 Å². The Kier molecular flexibility index (Phi) is 7.77. The van der Waals surface area contributed by atoms with E-state index in [0.717, 1.165) is 16.5 Å². The average Bonchev–Trinajstić information content (AvgIpc) is 3.22. The molecule has 0 spiro atoms. The maximum atomic E-state index is 14.2. The van der Waals surface area contributed by atoms with Crippen LogP contribution in [0.3, 0.4) is 0 Å². The number of ether oxygens (including phenoxy) is 1. The standard InChI is InChI=1S/C27H26F3N3O2.CH4/c1-16-5-6-20(29)14-23(16)25(17(2)32-26(34)27(3,4)30)35-22-11-12-24-18(13-22)15-31-33(24)21-9-7-19(28)8-10-21;/h5-15,17,25H,1-4H3,(H,32,34);1H4/t17-,25-;/m0./s1. The number of carbonyl (C=O) groups is 1. The van der Waals surface area contributed by atoms with Crippen molar-refractivity contribution in [3.05, 3.63) is 89.6 Å². The third kappa shape index (κ3) is 5.70. The van der Waals surface area contributed by atoms with Crippen molar-refractivity contribution in [3.63, 3.8) is 0 Å². The van der Waals surface area contributed by atoms with E-state index in [9.17, 15) is 18.0 Å². The van der Waals surface area contributed by atoms with Gasteiger partial charge in [-0.15, -0.1) is 0 Å². The smallest absolute Gasteiger partial charge is 0.257 e. The minimum absolute atomic E-state index is 0. The van der Waals surface area contributed by atoms with Gasteiger partial charge < -0.3 is 10.1 Å². The van der Waals surface area contributed by atoms with Gasteiger partial charge in [-0.3, -0.25) is 4.79 Å². The summed E-state index contributed by atoms with van der Waals surface area (Å²) in [4.78, 5) is 12.3. The number of carbonyl (C=O) groups excluding carboxylic acids is 1. The van der Waals surface area contributed by atoms with Gasteiger partial charge in [0.15, 0.2) is 5.67 Å². The van der Waals surface area contributed by atoms with Crippen LogP contribution in [0.1, 0.15) is 45.4 Å². The first kappa shape index (κ1) is 26.8. The van der Waals surface area contributed by atoms with Gasteiger partial charge in [-0.25, -0.2) is 17.9 Å². The Morgan fingerprint density at radius 3 is 2.36 bits per heavy atom. The maximum absolute atomic E-state index is 14.2. The molecule has 0 radical (unpaired) electrons. The molecule has 2 atom stereocenters. The Morgan fingerprint density at radius 1 is 1.03 bits per heavy atom. The number of hydrogen-bond acceptors (Lipinski definition) is 3. The molecule has 0 bridgehead atoms. The summed E-state index contributed by atoms with van der Waals surface area (Å²) < 4.78 is 49.5. The van der Waals surface area contributed by atoms with E-state index in [1.165, 1.54) is 38.1 Å². The molecular weight excluding hydrogens is 467 g/mol. The number of nitrogens with zero attached hydrogens (tertiary/aromatic N) is 2. The number of hydrogen-bond donors (Lipinski definition) is 1. The number of aryl methyl sites for hydroxylation is 1. The van der Waals surface area contributed by atoms with Crippen molar-refractivity contribution in [2.75, 3.05) is 0 Å². The minimum Gasteiger partial charge on any atom is -0.484 e. The van der Waals surface area contributed by atoms with Gasteiger partial charge in [-0.1, -0.05) is 13.5 Å². The molecule has 0 aliphatic rings. The second-order valence-corrected chi connectivity index (χ2v) is 9.03. The third-order valence-electron chi connectivity index (χ3n) is 5.77. The molecule has 5 nitrogen and oxygen atoms in total. The fraction of sp³-hybridized carbons (Fsp3) is 0.286. The zero-order valence-electron chi connectivity index (χ0n) is 19.9. The Bertz CT molecular complexity index is 1360. The summed E-state index contributed by atoms with van der Waals surface area (Å²) in [5.41, 5.74) is 0.708. The molecule has 36 heavy (non-hydrogen) atoms. The summed E-state index contributed by atoms with van der Waals surface area (Å²) in [6.07, 6.45) is 0.867. The number of aromatic nitrogens is 2. The number of fused-ring (bicyclic) bond motifs is 1. The van der Waals surface area contributed by atoms with Crippen LogP contribution in [0.25, 0.3) is 16.6 Å². The quantitative estimate of drug-likeness (QED) is 0.312. The molecule has 0 saturated heterocycles. The van der Waals surface area contributed by atoms with Crippen LogP contribution in [0.2, 0.25) is 0 Å². The van der Waals surface area contributed by atoms with E-state index in [1.807, 2.05) is 13.0 Å². The van der Waals surface area contributed by atoms with Crippen molar-refractivity contribution in [1.82, 2.24) is 15.1 Å². The monoisotopic (exact) mass is 497 g/mol. The molecule has 190 valence electrons. The molecule has 0 unspecified atom stereocenters. The Hall–Kier alpha value is -3.81. The number of rotatable bonds is 7. The second-order valence-electron chi connectivity index (χ2n) is 9.03. The number of benzene rings is 3. The summed E-state index contributed by atoms with van der Waals surface area (Å²) >= 11 is 0. The van der Waals surface area contributed by atoms with Gasteiger partial charge in [0.25, 0.3) is 5.91 Å². The summed E-state index contributed by atoms with van der Waals surface area (Å²) in [7, 11) is 0. The van der Waals surface area contributed by atoms with E-state index in [0.29, 0.717) is 17.0 Å². The number of alkyl halides is 1. The van der Waals surface area contributed by atoms with Crippen LogP contribution >= 0.6 is 0 Å². The van der Waals surface area contributed by atoms with Gasteiger partial charge in [0.2, 0.25) is 0 Å². The van der Waals surface area contributed by atoms with Crippen LogP contribution in [0, 0.1) is 18.6 Å². The van der Waals surface area contributed by atoms with Crippen molar-refractivity contribution in [1.29, 1.82) is 0 Å². The van der Waals surface area contributed by atoms with Gasteiger partial charge >= 0.3 is 0 Å². The van der Waals surface area contributed by atoms with Crippen molar-refractivity contribution >= 4 is 16.8 Å². The Balaban J connectivity index is 0.00000361. The van der Waals surface area contributed by atoms with Crippen molar-refractivity contribution in [2.45, 2.75) is 52.9 Å². The Morgan fingerprint density at radius 2 is 1.69 bits per heavy atom. The molecule has 0 fully saturated rings. The zero-order chi connectivity index (χ0) is 25.3. The van der Waals surface area contributed by atoms with E-state index in [4.69, 9.17) is 4.74 Å². The molecule has 1 aromatic heterocycles.